The molecule has 84 valence electrons. The third-order valence-electron chi connectivity index (χ3n) is 2.10. The number of carbonyl (C=O) groups excluding carboxylic acids is 1. The third kappa shape index (κ3) is 6.89. The van der Waals surface area contributed by atoms with Crippen LogP contribution in [0.25, 0.3) is 0 Å². The summed E-state index contributed by atoms with van der Waals surface area (Å²) in [4.78, 5) is 10.5. The number of rotatable bonds is 6. The molecule has 0 aromatic carbocycles. The zero-order valence-electron chi connectivity index (χ0n) is 9.92. The van der Waals surface area contributed by atoms with Crippen molar-refractivity contribution in [2.24, 2.45) is 0 Å². The molecule has 0 N–H and O–H groups in total. The van der Waals surface area contributed by atoms with Crippen molar-refractivity contribution in [2.45, 2.75) is 59.2 Å². The van der Waals surface area contributed by atoms with E-state index in [1.54, 1.807) is 0 Å². The van der Waals surface area contributed by atoms with Gasteiger partial charge in [-0.25, -0.2) is 0 Å². The standard InChI is InChI=1S/C11H22O3/c1-6-9(2)14-11(4,5)7-8-13-10(3)12/h9H,6-8H2,1-5H3. The zero-order valence-corrected chi connectivity index (χ0v) is 9.92. The van der Waals surface area contributed by atoms with Crippen molar-refractivity contribution in [2.75, 3.05) is 6.61 Å². The van der Waals surface area contributed by atoms with Gasteiger partial charge >= 0.3 is 5.97 Å². The first-order valence-electron chi connectivity index (χ1n) is 5.18. The van der Waals surface area contributed by atoms with Crippen molar-refractivity contribution in [3.63, 3.8) is 0 Å². The van der Waals surface area contributed by atoms with Crippen LogP contribution < -0.4 is 0 Å². The molecule has 1 atom stereocenters. The summed E-state index contributed by atoms with van der Waals surface area (Å²) in [7, 11) is 0. The van der Waals surface area contributed by atoms with Crippen LogP contribution in [0.5, 0.6) is 0 Å². The van der Waals surface area contributed by atoms with Crippen LogP contribution in [0.1, 0.15) is 47.5 Å². The van der Waals surface area contributed by atoms with Gasteiger partial charge in [0.05, 0.1) is 18.3 Å². The quantitative estimate of drug-likeness (QED) is 0.621. The van der Waals surface area contributed by atoms with Gasteiger partial charge in [-0.15, -0.1) is 0 Å². The van der Waals surface area contributed by atoms with Gasteiger partial charge in [0.15, 0.2) is 0 Å². The second-order valence-electron chi connectivity index (χ2n) is 4.19. The molecule has 0 spiro atoms. The molecule has 0 heterocycles. The molecule has 0 rings (SSSR count). The van der Waals surface area contributed by atoms with Gasteiger partial charge in [0.25, 0.3) is 0 Å². The molecule has 0 amide bonds. The normalized spacial score (nSPS) is 13.8. The molecule has 1 unspecified atom stereocenters. The monoisotopic (exact) mass is 202 g/mol. The molecule has 0 bridgehead atoms. The van der Waals surface area contributed by atoms with Crippen LogP contribution >= 0.6 is 0 Å². The minimum absolute atomic E-state index is 0.217. The number of ether oxygens (including phenoxy) is 2. The Labute approximate surface area is 86.8 Å². The SMILES string of the molecule is CCC(C)OC(C)(C)CCOC(C)=O. The first-order chi connectivity index (χ1) is 6.37. The fraction of sp³-hybridized carbons (Fsp3) is 0.909. The summed E-state index contributed by atoms with van der Waals surface area (Å²) in [5.74, 6) is -0.232. The molecular weight excluding hydrogens is 180 g/mol. The third-order valence-corrected chi connectivity index (χ3v) is 2.10. The fourth-order valence-electron chi connectivity index (χ4n) is 1.13. The van der Waals surface area contributed by atoms with Gasteiger partial charge in [0.1, 0.15) is 0 Å². The Bertz CT molecular complexity index is 175. The second kappa shape index (κ2) is 6.02. The van der Waals surface area contributed by atoms with Gasteiger partial charge < -0.3 is 9.47 Å². The van der Waals surface area contributed by atoms with Crippen LogP contribution in [0, 0.1) is 0 Å². The van der Waals surface area contributed by atoms with Crippen molar-refractivity contribution in [3.8, 4) is 0 Å². The summed E-state index contributed by atoms with van der Waals surface area (Å²) < 4.78 is 10.7. The van der Waals surface area contributed by atoms with E-state index >= 15 is 0 Å². The number of hydrogen-bond acceptors (Lipinski definition) is 3. The Balaban J connectivity index is 3.76. The van der Waals surface area contributed by atoms with E-state index in [-0.39, 0.29) is 17.7 Å². The summed E-state index contributed by atoms with van der Waals surface area (Å²) in [6, 6.07) is 0. The van der Waals surface area contributed by atoms with E-state index in [1.165, 1.54) is 6.92 Å². The van der Waals surface area contributed by atoms with E-state index in [4.69, 9.17) is 9.47 Å². The van der Waals surface area contributed by atoms with E-state index in [0.717, 1.165) is 12.8 Å². The van der Waals surface area contributed by atoms with E-state index in [2.05, 4.69) is 6.92 Å². The summed E-state index contributed by atoms with van der Waals surface area (Å²) in [5.41, 5.74) is -0.217. The Hall–Kier alpha value is -0.570. The molecule has 0 aliphatic heterocycles. The summed E-state index contributed by atoms with van der Waals surface area (Å²) in [6.45, 7) is 10.0. The summed E-state index contributed by atoms with van der Waals surface area (Å²) in [6.07, 6.45) is 1.98. The molecule has 14 heavy (non-hydrogen) atoms. The molecule has 0 saturated heterocycles. The highest BCUT2D eigenvalue weighted by atomic mass is 16.5. The van der Waals surface area contributed by atoms with Gasteiger partial charge in [-0.3, -0.25) is 4.79 Å². The Morgan fingerprint density at radius 2 is 2.00 bits per heavy atom. The topological polar surface area (TPSA) is 35.5 Å². The van der Waals surface area contributed by atoms with E-state index in [1.807, 2.05) is 20.8 Å². The van der Waals surface area contributed by atoms with E-state index < -0.39 is 0 Å². The van der Waals surface area contributed by atoms with Crippen molar-refractivity contribution in [3.05, 3.63) is 0 Å². The molecular formula is C11H22O3. The highest BCUT2D eigenvalue weighted by Crippen LogP contribution is 2.18. The molecule has 0 aliphatic rings. The lowest BCUT2D eigenvalue weighted by Crippen LogP contribution is -2.30. The van der Waals surface area contributed by atoms with Crippen LogP contribution in [0.3, 0.4) is 0 Å². The van der Waals surface area contributed by atoms with Crippen LogP contribution in [0.15, 0.2) is 0 Å². The van der Waals surface area contributed by atoms with E-state index in [0.29, 0.717) is 6.61 Å². The second-order valence-corrected chi connectivity index (χ2v) is 4.19. The van der Waals surface area contributed by atoms with Crippen molar-refractivity contribution >= 4 is 5.97 Å². The molecule has 0 fully saturated rings. The molecule has 3 nitrogen and oxygen atoms in total. The molecule has 0 aliphatic carbocycles. The predicted molar refractivity (Wildman–Crippen MR) is 56.2 cm³/mol. The zero-order chi connectivity index (χ0) is 11.2. The molecule has 0 aromatic heterocycles. The highest BCUT2D eigenvalue weighted by Gasteiger charge is 2.20. The molecule has 0 radical (unpaired) electrons. The van der Waals surface area contributed by atoms with Crippen LogP contribution in [0.2, 0.25) is 0 Å². The molecule has 0 aromatic rings. The van der Waals surface area contributed by atoms with Gasteiger partial charge in [0.2, 0.25) is 0 Å². The van der Waals surface area contributed by atoms with E-state index in [9.17, 15) is 4.79 Å². The maximum atomic E-state index is 10.5. The Morgan fingerprint density at radius 1 is 1.43 bits per heavy atom. The Morgan fingerprint density at radius 3 is 2.43 bits per heavy atom. The molecule has 3 heteroatoms. The van der Waals surface area contributed by atoms with Crippen molar-refractivity contribution in [1.29, 1.82) is 0 Å². The molecule has 0 saturated carbocycles. The number of hydrogen-bond donors (Lipinski definition) is 0. The smallest absolute Gasteiger partial charge is 0.302 e. The average molecular weight is 202 g/mol. The van der Waals surface area contributed by atoms with Crippen LogP contribution in [0.4, 0.5) is 0 Å². The minimum Gasteiger partial charge on any atom is -0.466 e. The van der Waals surface area contributed by atoms with Crippen molar-refractivity contribution < 1.29 is 14.3 Å². The first kappa shape index (κ1) is 13.4. The maximum absolute atomic E-state index is 10.5. The first-order valence-corrected chi connectivity index (χ1v) is 5.18. The van der Waals surface area contributed by atoms with Crippen LogP contribution in [-0.2, 0) is 14.3 Å². The lowest BCUT2D eigenvalue weighted by Gasteiger charge is -2.28. The van der Waals surface area contributed by atoms with Gasteiger partial charge in [0, 0.05) is 13.3 Å². The van der Waals surface area contributed by atoms with Crippen LogP contribution in [-0.4, -0.2) is 24.3 Å². The maximum Gasteiger partial charge on any atom is 0.302 e. The fourth-order valence-corrected chi connectivity index (χ4v) is 1.13. The number of carbonyl (C=O) groups is 1. The Kier molecular flexibility index (Phi) is 5.77. The summed E-state index contributed by atoms with van der Waals surface area (Å²) >= 11 is 0. The summed E-state index contributed by atoms with van der Waals surface area (Å²) in [5, 5.41) is 0. The van der Waals surface area contributed by atoms with Gasteiger partial charge in [-0.05, 0) is 27.2 Å². The van der Waals surface area contributed by atoms with Gasteiger partial charge in [-0.2, -0.15) is 0 Å². The number of esters is 1. The largest absolute Gasteiger partial charge is 0.466 e. The van der Waals surface area contributed by atoms with Crippen molar-refractivity contribution in [1.82, 2.24) is 0 Å². The lowest BCUT2D eigenvalue weighted by atomic mass is 10.1. The predicted octanol–water partition coefficient (Wildman–Crippen LogP) is 2.53. The lowest BCUT2D eigenvalue weighted by molar-refractivity contribution is -0.143. The highest BCUT2D eigenvalue weighted by molar-refractivity contribution is 5.65. The average Bonchev–Trinajstić information content (AvgIpc) is 2.02. The minimum atomic E-state index is -0.232. The van der Waals surface area contributed by atoms with Gasteiger partial charge in [-0.1, -0.05) is 6.92 Å².